The monoisotopic (exact) mass is 379 g/mol. The molecule has 6 nitrogen and oxygen atoms in total. The number of pyridine rings is 2. The van der Waals surface area contributed by atoms with Gasteiger partial charge >= 0.3 is 0 Å². The number of methoxy groups -OCH3 is 1. The second kappa shape index (κ2) is 6.85. The number of rotatable bonds is 4. The first-order valence-electron chi connectivity index (χ1n) is 8.38. The predicted molar refractivity (Wildman–Crippen MR) is 107 cm³/mol. The molecule has 0 aliphatic carbocycles. The summed E-state index contributed by atoms with van der Waals surface area (Å²) in [7, 11) is 3.20. The van der Waals surface area contributed by atoms with Gasteiger partial charge in [0.25, 0.3) is 11.5 Å². The number of hydrogen-bond acceptors (Lipinski definition) is 5. The third-order valence-corrected chi connectivity index (χ3v) is 5.66. The highest BCUT2D eigenvalue weighted by Crippen LogP contribution is 2.39. The van der Waals surface area contributed by atoms with E-state index in [9.17, 15) is 9.59 Å². The Labute approximate surface area is 159 Å². The van der Waals surface area contributed by atoms with E-state index in [1.807, 2.05) is 42.5 Å². The molecule has 0 spiro atoms. The molecular weight excluding hydrogens is 362 g/mol. The number of ether oxygens (including phenoxy) is 1. The fraction of sp³-hybridized carbons (Fsp3) is 0.150. The van der Waals surface area contributed by atoms with Gasteiger partial charge in [0.2, 0.25) is 0 Å². The molecule has 0 aliphatic rings. The molecule has 3 aromatic heterocycles. The van der Waals surface area contributed by atoms with Crippen molar-refractivity contribution in [3.05, 3.63) is 69.6 Å². The number of hydrogen-bond donors (Lipinski definition) is 1. The normalized spacial score (nSPS) is 11.0. The van der Waals surface area contributed by atoms with Crippen LogP contribution in [-0.4, -0.2) is 22.6 Å². The van der Waals surface area contributed by atoms with Crippen molar-refractivity contribution in [2.45, 2.75) is 6.54 Å². The molecule has 7 heteroatoms. The van der Waals surface area contributed by atoms with Gasteiger partial charge in [0.1, 0.15) is 10.3 Å². The van der Waals surface area contributed by atoms with Crippen LogP contribution in [0.3, 0.4) is 0 Å². The first-order chi connectivity index (χ1) is 13.1. The SMILES string of the molecule is COc1c(C(=O)NCc2ccccn2)sc2c1c(=O)n(C)c1ccccc21. The molecule has 0 saturated heterocycles. The number of carbonyl (C=O) groups excluding carboxylic acids is 1. The van der Waals surface area contributed by atoms with Crippen molar-refractivity contribution in [1.82, 2.24) is 14.9 Å². The van der Waals surface area contributed by atoms with Gasteiger partial charge in [-0.15, -0.1) is 11.3 Å². The van der Waals surface area contributed by atoms with Gasteiger partial charge in [-0.05, 0) is 18.2 Å². The molecule has 0 fully saturated rings. The standard InChI is InChI=1S/C20H17N3O3S/c1-23-14-9-4-3-8-13(14)17-15(20(23)25)16(26-2)18(27-17)19(24)22-11-12-7-5-6-10-21-12/h3-10H,11H2,1-2H3,(H,22,24). The molecule has 0 atom stereocenters. The number of fused-ring (bicyclic) bond motifs is 3. The minimum atomic E-state index is -0.287. The number of benzene rings is 1. The lowest BCUT2D eigenvalue weighted by Gasteiger charge is -2.07. The smallest absolute Gasteiger partial charge is 0.265 e. The average molecular weight is 379 g/mol. The van der Waals surface area contributed by atoms with Crippen molar-refractivity contribution in [3.63, 3.8) is 0 Å². The van der Waals surface area contributed by atoms with E-state index < -0.39 is 0 Å². The number of para-hydroxylation sites is 1. The van der Waals surface area contributed by atoms with Crippen LogP contribution in [0.25, 0.3) is 21.0 Å². The molecule has 1 amide bonds. The van der Waals surface area contributed by atoms with Gasteiger partial charge in [-0.1, -0.05) is 24.3 Å². The lowest BCUT2D eigenvalue weighted by molar-refractivity contribution is 0.0952. The molecule has 0 saturated carbocycles. The fourth-order valence-corrected chi connectivity index (χ4v) is 4.34. The van der Waals surface area contributed by atoms with Crippen molar-refractivity contribution in [2.75, 3.05) is 7.11 Å². The van der Waals surface area contributed by atoms with Gasteiger partial charge in [-0.25, -0.2) is 0 Å². The Morgan fingerprint density at radius 2 is 2.00 bits per heavy atom. The summed E-state index contributed by atoms with van der Waals surface area (Å²) in [5, 5.41) is 4.21. The van der Waals surface area contributed by atoms with E-state index in [2.05, 4.69) is 10.3 Å². The summed E-state index contributed by atoms with van der Waals surface area (Å²) in [5.74, 6) is 0.0321. The fourth-order valence-electron chi connectivity index (χ4n) is 3.13. The van der Waals surface area contributed by atoms with Crippen LogP contribution in [0.5, 0.6) is 5.75 Å². The first kappa shape index (κ1) is 17.2. The molecule has 136 valence electrons. The molecular formula is C20H17N3O3S. The number of aromatic nitrogens is 2. The van der Waals surface area contributed by atoms with Crippen molar-refractivity contribution >= 4 is 38.2 Å². The van der Waals surface area contributed by atoms with Crippen LogP contribution in [0.1, 0.15) is 15.4 Å². The average Bonchev–Trinajstić information content (AvgIpc) is 3.11. The van der Waals surface area contributed by atoms with Gasteiger partial charge in [0.15, 0.2) is 5.75 Å². The van der Waals surface area contributed by atoms with Gasteiger partial charge < -0.3 is 14.6 Å². The van der Waals surface area contributed by atoms with E-state index in [4.69, 9.17) is 4.74 Å². The zero-order valence-corrected chi connectivity index (χ0v) is 15.7. The van der Waals surface area contributed by atoms with E-state index >= 15 is 0 Å². The van der Waals surface area contributed by atoms with E-state index in [0.29, 0.717) is 22.6 Å². The summed E-state index contributed by atoms with van der Waals surface area (Å²) in [6.45, 7) is 0.301. The van der Waals surface area contributed by atoms with Crippen LogP contribution in [0, 0.1) is 0 Å². The molecule has 0 radical (unpaired) electrons. The molecule has 3 heterocycles. The summed E-state index contributed by atoms with van der Waals surface area (Å²) in [5.41, 5.74) is 1.40. The van der Waals surface area contributed by atoms with Gasteiger partial charge in [0.05, 0.1) is 29.6 Å². The predicted octanol–water partition coefficient (Wildman–Crippen LogP) is 3.09. The van der Waals surface area contributed by atoms with Crippen LogP contribution >= 0.6 is 11.3 Å². The maximum atomic E-state index is 12.9. The zero-order chi connectivity index (χ0) is 19.0. The summed E-state index contributed by atoms with van der Waals surface area (Å²) >= 11 is 1.27. The first-order valence-corrected chi connectivity index (χ1v) is 9.19. The quantitative estimate of drug-likeness (QED) is 0.591. The molecule has 0 aliphatic heterocycles. The summed E-state index contributed by atoms with van der Waals surface area (Å²) in [4.78, 5) is 30.3. The van der Waals surface area contributed by atoms with Gasteiger partial charge in [0, 0.05) is 18.6 Å². The minimum absolute atomic E-state index is 0.180. The van der Waals surface area contributed by atoms with Crippen LogP contribution < -0.4 is 15.6 Å². The highest BCUT2D eigenvalue weighted by molar-refractivity contribution is 7.22. The lowest BCUT2D eigenvalue weighted by atomic mass is 10.1. The number of nitrogens with zero attached hydrogens (tertiary/aromatic N) is 2. The summed E-state index contributed by atoms with van der Waals surface area (Å²) in [6, 6.07) is 13.2. The van der Waals surface area contributed by atoms with E-state index in [1.165, 1.54) is 18.4 Å². The topological polar surface area (TPSA) is 73.2 Å². The summed E-state index contributed by atoms with van der Waals surface area (Å²) < 4.78 is 7.82. The molecule has 1 N–H and O–H groups in total. The molecule has 4 rings (SSSR count). The number of amides is 1. The Morgan fingerprint density at radius 3 is 2.74 bits per heavy atom. The lowest BCUT2D eigenvalue weighted by Crippen LogP contribution is -2.23. The van der Waals surface area contributed by atoms with Gasteiger partial charge in [-0.2, -0.15) is 0 Å². The number of thiophene rings is 1. The Kier molecular flexibility index (Phi) is 4.37. The second-order valence-electron chi connectivity index (χ2n) is 6.05. The van der Waals surface area contributed by atoms with Crippen molar-refractivity contribution < 1.29 is 9.53 Å². The van der Waals surface area contributed by atoms with Crippen molar-refractivity contribution in [1.29, 1.82) is 0 Å². The van der Waals surface area contributed by atoms with E-state index in [1.54, 1.807) is 17.8 Å². The highest BCUT2D eigenvalue weighted by Gasteiger charge is 2.24. The molecule has 4 aromatic rings. The zero-order valence-electron chi connectivity index (χ0n) is 14.9. The number of carbonyl (C=O) groups is 1. The maximum Gasteiger partial charge on any atom is 0.265 e. The Morgan fingerprint density at radius 1 is 1.22 bits per heavy atom. The van der Waals surface area contributed by atoms with Crippen molar-refractivity contribution in [2.24, 2.45) is 7.05 Å². The van der Waals surface area contributed by atoms with E-state index in [0.717, 1.165) is 21.3 Å². The third-order valence-electron chi connectivity index (χ3n) is 4.46. The Balaban J connectivity index is 1.84. The highest BCUT2D eigenvalue weighted by atomic mass is 32.1. The Bertz CT molecular complexity index is 1210. The molecule has 0 bridgehead atoms. The third kappa shape index (κ3) is 2.86. The number of aryl methyl sites for hydroxylation is 1. The minimum Gasteiger partial charge on any atom is -0.494 e. The maximum absolute atomic E-state index is 12.9. The van der Waals surface area contributed by atoms with E-state index in [-0.39, 0.29) is 11.5 Å². The van der Waals surface area contributed by atoms with Crippen LogP contribution in [-0.2, 0) is 13.6 Å². The largest absolute Gasteiger partial charge is 0.494 e. The van der Waals surface area contributed by atoms with Crippen LogP contribution in [0.4, 0.5) is 0 Å². The Hall–Kier alpha value is -3.19. The van der Waals surface area contributed by atoms with Crippen molar-refractivity contribution in [3.8, 4) is 5.75 Å². The summed E-state index contributed by atoms with van der Waals surface area (Å²) in [6.07, 6.45) is 1.68. The molecule has 0 unspecified atom stereocenters. The molecule has 27 heavy (non-hydrogen) atoms. The second-order valence-corrected chi connectivity index (χ2v) is 7.07. The molecule has 1 aromatic carbocycles. The van der Waals surface area contributed by atoms with Gasteiger partial charge in [-0.3, -0.25) is 14.6 Å². The number of nitrogens with one attached hydrogen (secondary N) is 1. The van der Waals surface area contributed by atoms with Crippen LogP contribution in [0.2, 0.25) is 0 Å². The van der Waals surface area contributed by atoms with Crippen LogP contribution in [0.15, 0.2) is 53.5 Å².